The average Bonchev–Trinajstić information content (AvgIpc) is 2.76. The highest BCUT2D eigenvalue weighted by atomic mass is 19.1. The van der Waals surface area contributed by atoms with Crippen molar-refractivity contribution < 1.29 is 28.2 Å². The van der Waals surface area contributed by atoms with Gasteiger partial charge in [0.15, 0.2) is 6.79 Å². The Balaban J connectivity index is 1.29. The summed E-state index contributed by atoms with van der Waals surface area (Å²) in [5.74, 6) is 0.147. The Labute approximate surface area is 174 Å². The van der Waals surface area contributed by atoms with Crippen molar-refractivity contribution in [3.8, 4) is 5.75 Å². The van der Waals surface area contributed by atoms with Crippen molar-refractivity contribution in [1.29, 1.82) is 0 Å². The molecule has 0 saturated carbocycles. The summed E-state index contributed by atoms with van der Waals surface area (Å²) in [6.07, 6.45) is 0.696. The van der Waals surface area contributed by atoms with Gasteiger partial charge in [-0.1, -0.05) is 30.3 Å². The van der Waals surface area contributed by atoms with Crippen molar-refractivity contribution in [3.05, 3.63) is 65.0 Å². The number of fused-ring (bicyclic) bond motifs is 1. The number of ether oxygens (including phenoxy) is 3. The first kappa shape index (κ1) is 21.6. The quantitative estimate of drug-likeness (QED) is 0.614. The highest BCUT2D eigenvalue weighted by Crippen LogP contribution is 2.29. The van der Waals surface area contributed by atoms with E-state index in [9.17, 15) is 14.0 Å². The number of carbonyl (C=O) groups is 2. The summed E-state index contributed by atoms with van der Waals surface area (Å²) < 4.78 is 29.4. The van der Waals surface area contributed by atoms with E-state index >= 15 is 0 Å². The molecule has 0 aliphatic carbocycles. The van der Waals surface area contributed by atoms with E-state index in [0.717, 1.165) is 5.56 Å². The lowest BCUT2D eigenvalue weighted by atomic mass is 10.1. The fraction of sp³-hybridized carbons (Fsp3) is 0.364. The smallest absolute Gasteiger partial charge is 0.407 e. The molecule has 2 aromatic rings. The van der Waals surface area contributed by atoms with Gasteiger partial charge in [0.1, 0.15) is 18.2 Å². The standard InChI is InChI=1S/C22H25FN2O5/c23-19-11-17(21-18(12-19)14-28-15-30-21)8-10-24-20(26)7-4-9-25-22(27)29-13-16-5-2-1-3-6-16/h1-3,5-6,11-12H,4,7-10,13-15H2,(H,24,26)(H,25,27). The second-order valence-electron chi connectivity index (χ2n) is 6.86. The zero-order valence-corrected chi connectivity index (χ0v) is 16.6. The van der Waals surface area contributed by atoms with Gasteiger partial charge in [-0.15, -0.1) is 0 Å². The van der Waals surface area contributed by atoms with E-state index < -0.39 is 6.09 Å². The fourth-order valence-corrected chi connectivity index (χ4v) is 3.08. The third-order valence-corrected chi connectivity index (χ3v) is 4.53. The molecule has 2 N–H and O–H groups in total. The molecule has 8 heteroatoms. The van der Waals surface area contributed by atoms with E-state index in [2.05, 4.69) is 10.6 Å². The molecule has 160 valence electrons. The number of alkyl carbamates (subject to hydrolysis) is 1. The molecule has 0 aromatic heterocycles. The number of hydrogen-bond acceptors (Lipinski definition) is 5. The van der Waals surface area contributed by atoms with Gasteiger partial charge in [-0.25, -0.2) is 9.18 Å². The Bertz CT molecular complexity index is 860. The van der Waals surface area contributed by atoms with Gasteiger partial charge in [-0.3, -0.25) is 4.79 Å². The molecule has 1 aliphatic heterocycles. The molecule has 0 spiro atoms. The molecule has 0 bridgehead atoms. The van der Waals surface area contributed by atoms with Gasteiger partial charge in [0, 0.05) is 25.1 Å². The van der Waals surface area contributed by atoms with Crippen LogP contribution in [0.2, 0.25) is 0 Å². The summed E-state index contributed by atoms with van der Waals surface area (Å²) in [5, 5.41) is 5.42. The molecule has 1 aliphatic rings. The highest BCUT2D eigenvalue weighted by molar-refractivity contribution is 5.76. The van der Waals surface area contributed by atoms with Crippen LogP contribution in [0.15, 0.2) is 42.5 Å². The molecule has 3 rings (SSSR count). The fourth-order valence-electron chi connectivity index (χ4n) is 3.08. The Hall–Kier alpha value is -3.13. The Morgan fingerprint density at radius 1 is 1.10 bits per heavy atom. The lowest BCUT2D eigenvalue weighted by Crippen LogP contribution is -2.29. The molecule has 7 nitrogen and oxygen atoms in total. The summed E-state index contributed by atoms with van der Waals surface area (Å²) in [6.45, 7) is 1.36. The van der Waals surface area contributed by atoms with Crippen LogP contribution in [0.4, 0.5) is 9.18 Å². The maximum absolute atomic E-state index is 13.7. The summed E-state index contributed by atoms with van der Waals surface area (Å²) in [6, 6.07) is 12.2. The molecule has 0 saturated heterocycles. The predicted molar refractivity (Wildman–Crippen MR) is 107 cm³/mol. The molecule has 0 unspecified atom stereocenters. The largest absolute Gasteiger partial charge is 0.467 e. The lowest BCUT2D eigenvalue weighted by Gasteiger charge is -2.21. The second-order valence-corrected chi connectivity index (χ2v) is 6.86. The van der Waals surface area contributed by atoms with Gasteiger partial charge in [-0.05, 0) is 36.1 Å². The number of hydrogen-bond donors (Lipinski definition) is 2. The number of amides is 2. The van der Waals surface area contributed by atoms with E-state index in [0.29, 0.717) is 49.4 Å². The van der Waals surface area contributed by atoms with Crippen LogP contribution in [0.1, 0.15) is 29.5 Å². The molecule has 0 radical (unpaired) electrons. The molecule has 30 heavy (non-hydrogen) atoms. The SMILES string of the molecule is O=C(CCCNC(=O)OCc1ccccc1)NCCc1cc(F)cc2c1OCOC2. The van der Waals surface area contributed by atoms with Gasteiger partial charge in [0.25, 0.3) is 0 Å². The summed E-state index contributed by atoms with van der Waals surface area (Å²) in [5.41, 5.74) is 2.29. The number of benzene rings is 2. The van der Waals surface area contributed by atoms with Gasteiger partial charge < -0.3 is 24.8 Å². The summed E-state index contributed by atoms with van der Waals surface area (Å²) in [7, 11) is 0. The van der Waals surface area contributed by atoms with Crippen LogP contribution in [-0.4, -0.2) is 31.9 Å². The molecular formula is C22H25FN2O5. The summed E-state index contributed by atoms with van der Waals surface area (Å²) in [4.78, 5) is 23.6. The van der Waals surface area contributed by atoms with Gasteiger partial charge >= 0.3 is 6.09 Å². The number of nitrogens with one attached hydrogen (secondary N) is 2. The molecule has 1 heterocycles. The minimum atomic E-state index is -0.515. The first-order valence-electron chi connectivity index (χ1n) is 9.85. The van der Waals surface area contributed by atoms with Crippen molar-refractivity contribution in [2.45, 2.75) is 32.5 Å². The number of rotatable bonds is 9. The molecular weight excluding hydrogens is 391 g/mol. The van der Waals surface area contributed by atoms with E-state index in [1.54, 1.807) is 0 Å². The number of halogens is 1. The average molecular weight is 416 g/mol. The van der Waals surface area contributed by atoms with Crippen LogP contribution in [0.3, 0.4) is 0 Å². The molecule has 2 aromatic carbocycles. The maximum Gasteiger partial charge on any atom is 0.407 e. The monoisotopic (exact) mass is 416 g/mol. The molecule has 0 fully saturated rings. The Morgan fingerprint density at radius 3 is 2.77 bits per heavy atom. The lowest BCUT2D eigenvalue weighted by molar-refractivity contribution is -0.121. The summed E-state index contributed by atoms with van der Waals surface area (Å²) >= 11 is 0. The third-order valence-electron chi connectivity index (χ3n) is 4.53. The van der Waals surface area contributed by atoms with E-state index in [-0.39, 0.29) is 31.5 Å². The van der Waals surface area contributed by atoms with E-state index in [4.69, 9.17) is 14.2 Å². The van der Waals surface area contributed by atoms with Gasteiger partial charge in [-0.2, -0.15) is 0 Å². The molecule has 2 amide bonds. The van der Waals surface area contributed by atoms with Crippen molar-refractivity contribution >= 4 is 12.0 Å². The number of carbonyl (C=O) groups excluding carboxylic acids is 2. The topological polar surface area (TPSA) is 85.9 Å². The van der Waals surface area contributed by atoms with Crippen molar-refractivity contribution in [1.82, 2.24) is 10.6 Å². The Morgan fingerprint density at radius 2 is 1.93 bits per heavy atom. The zero-order valence-electron chi connectivity index (χ0n) is 16.6. The second kappa shape index (κ2) is 11.2. The first-order chi connectivity index (χ1) is 14.6. The normalized spacial score (nSPS) is 12.4. The molecule has 0 atom stereocenters. The van der Waals surface area contributed by atoms with E-state index in [1.165, 1.54) is 12.1 Å². The van der Waals surface area contributed by atoms with Crippen LogP contribution < -0.4 is 15.4 Å². The van der Waals surface area contributed by atoms with Crippen LogP contribution in [-0.2, 0) is 33.9 Å². The zero-order chi connectivity index (χ0) is 21.2. The van der Waals surface area contributed by atoms with Crippen molar-refractivity contribution in [3.63, 3.8) is 0 Å². The van der Waals surface area contributed by atoms with Crippen LogP contribution >= 0.6 is 0 Å². The van der Waals surface area contributed by atoms with E-state index in [1.807, 2.05) is 30.3 Å². The third kappa shape index (κ3) is 6.73. The van der Waals surface area contributed by atoms with Crippen LogP contribution in [0.5, 0.6) is 5.75 Å². The van der Waals surface area contributed by atoms with Gasteiger partial charge in [0.05, 0.1) is 6.61 Å². The highest BCUT2D eigenvalue weighted by Gasteiger charge is 2.17. The van der Waals surface area contributed by atoms with Gasteiger partial charge in [0.2, 0.25) is 5.91 Å². The Kier molecular flexibility index (Phi) is 8.02. The van der Waals surface area contributed by atoms with Crippen molar-refractivity contribution in [2.75, 3.05) is 19.9 Å². The maximum atomic E-state index is 13.7. The first-order valence-corrected chi connectivity index (χ1v) is 9.85. The minimum Gasteiger partial charge on any atom is -0.467 e. The predicted octanol–water partition coefficient (Wildman–Crippen LogP) is 3.06. The minimum absolute atomic E-state index is 0.135. The van der Waals surface area contributed by atoms with Crippen molar-refractivity contribution in [2.24, 2.45) is 0 Å². The van der Waals surface area contributed by atoms with Crippen LogP contribution in [0.25, 0.3) is 0 Å². The van der Waals surface area contributed by atoms with Crippen LogP contribution in [0, 0.1) is 5.82 Å².